The Morgan fingerprint density at radius 2 is 2.11 bits per heavy atom. The zero-order valence-corrected chi connectivity index (χ0v) is 12.9. The molecule has 19 heavy (non-hydrogen) atoms. The molecule has 0 spiro atoms. The second-order valence-corrected chi connectivity index (χ2v) is 6.45. The van der Waals surface area contributed by atoms with Crippen molar-refractivity contribution in [2.45, 2.75) is 19.9 Å². The van der Waals surface area contributed by atoms with E-state index in [4.69, 9.17) is 0 Å². The van der Waals surface area contributed by atoms with Crippen LogP contribution in [0.3, 0.4) is 0 Å². The summed E-state index contributed by atoms with van der Waals surface area (Å²) < 4.78 is 13.7. The molecule has 1 aromatic heterocycles. The van der Waals surface area contributed by atoms with Crippen LogP contribution in [0.2, 0.25) is 0 Å². The molecule has 0 aliphatic heterocycles. The van der Waals surface area contributed by atoms with Gasteiger partial charge in [-0.3, -0.25) is 4.79 Å². The molecule has 2 nitrogen and oxygen atoms in total. The Bertz CT molecular complexity index is 611. The van der Waals surface area contributed by atoms with Gasteiger partial charge in [0.1, 0.15) is 5.82 Å². The highest BCUT2D eigenvalue weighted by Crippen LogP contribution is 2.23. The fraction of sp³-hybridized carbons (Fsp3) is 0.214. The molecule has 1 amide bonds. The van der Waals surface area contributed by atoms with E-state index in [1.54, 1.807) is 17.4 Å². The molecular formula is C14H13BrFNOS. The van der Waals surface area contributed by atoms with Crippen molar-refractivity contribution in [3.63, 3.8) is 0 Å². The average molecular weight is 342 g/mol. The summed E-state index contributed by atoms with van der Waals surface area (Å²) in [4.78, 5) is 14.3. The van der Waals surface area contributed by atoms with Gasteiger partial charge in [-0.1, -0.05) is 0 Å². The summed E-state index contributed by atoms with van der Waals surface area (Å²) in [5.74, 6) is -0.711. The highest BCUT2D eigenvalue weighted by atomic mass is 79.9. The number of halogens is 2. The van der Waals surface area contributed by atoms with Crippen molar-refractivity contribution in [2.75, 3.05) is 0 Å². The van der Waals surface area contributed by atoms with Crippen LogP contribution < -0.4 is 5.32 Å². The molecule has 1 atom stereocenters. The van der Waals surface area contributed by atoms with Crippen molar-refractivity contribution in [1.82, 2.24) is 5.32 Å². The van der Waals surface area contributed by atoms with Gasteiger partial charge >= 0.3 is 0 Å². The predicted octanol–water partition coefficient (Wildman–Crippen LogP) is 4.45. The molecule has 0 radical (unpaired) electrons. The number of rotatable bonds is 3. The Balaban J connectivity index is 2.10. The average Bonchev–Trinajstić information content (AvgIpc) is 2.79. The van der Waals surface area contributed by atoms with E-state index in [1.807, 2.05) is 26.0 Å². The fourth-order valence-corrected chi connectivity index (χ4v) is 2.80. The molecule has 2 aromatic rings. The summed E-state index contributed by atoms with van der Waals surface area (Å²) in [6.45, 7) is 3.94. The minimum Gasteiger partial charge on any atom is -0.345 e. The zero-order valence-electron chi connectivity index (χ0n) is 10.5. The quantitative estimate of drug-likeness (QED) is 0.877. The molecule has 1 heterocycles. The van der Waals surface area contributed by atoms with Crippen molar-refractivity contribution >= 4 is 33.2 Å². The van der Waals surface area contributed by atoms with E-state index in [2.05, 4.69) is 21.2 Å². The van der Waals surface area contributed by atoms with E-state index < -0.39 is 5.82 Å². The molecule has 0 fully saturated rings. The van der Waals surface area contributed by atoms with Gasteiger partial charge in [0.15, 0.2) is 0 Å². The summed E-state index contributed by atoms with van der Waals surface area (Å²) in [6.07, 6.45) is 0. The first-order valence-corrected chi connectivity index (χ1v) is 7.40. The molecule has 2 rings (SSSR count). The highest BCUT2D eigenvalue weighted by Gasteiger charge is 2.14. The van der Waals surface area contributed by atoms with Gasteiger partial charge in [-0.25, -0.2) is 4.39 Å². The first kappa shape index (κ1) is 14.2. The molecule has 1 unspecified atom stereocenters. The van der Waals surface area contributed by atoms with Crippen molar-refractivity contribution in [3.8, 4) is 0 Å². The first-order chi connectivity index (χ1) is 8.97. The number of hydrogen-bond donors (Lipinski definition) is 1. The Kier molecular flexibility index (Phi) is 4.37. The van der Waals surface area contributed by atoms with Crippen LogP contribution in [0.5, 0.6) is 0 Å². The van der Waals surface area contributed by atoms with E-state index in [1.165, 1.54) is 17.0 Å². The fourth-order valence-electron chi connectivity index (χ4n) is 1.67. The summed E-state index contributed by atoms with van der Waals surface area (Å²) >= 11 is 4.71. The second-order valence-electron chi connectivity index (χ2n) is 4.27. The third-order valence-corrected chi connectivity index (χ3v) is 4.54. The summed E-state index contributed by atoms with van der Waals surface area (Å²) in [5, 5.41) is 2.86. The standard InChI is InChI=1S/C14H13BrFNOS/c1-8-3-6-13(19-8)9(2)17-14(18)10-4-5-11(15)12(16)7-10/h3-7,9H,1-2H3,(H,17,18). The minimum atomic E-state index is -0.438. The van der Waals surface area contributed by atoms with Gasteiger partial charge in [-0.05, 0) is 60.1 Å². The Labute approximate surface area is 123 Å². The zero-order chi connectivity index (χ0) is 14.0. The largest absolute Gasteiger partial charge is 0.345 e. The molecule has 1 N–H and O–H groups in total. The van der Waals surface area contributed by atoms with Crippen LogP contribution >= 0.6 is 27.3 Å². The lowest BCUT2D eigenvalue weighted by Gasteiger charge is -2.12. The molecule has 5 heteroatoms. The van der Waals surface area contributed by atoms with Crippen LogP contribution in [0, 0.1) is 12.7 Å². The number of benzene rings is 1. The van der Waals surface area contributed by atoms with E-state index in [0.29, 0.717) is 10.0 Å². The SMILES string of the molecule is Cc1ccc(C(C)NC(=O)c2ccc(Br)c(F)c2)s1. The van der Waals surface area contributed by atoms with Crippen LogP contribution in [-0.2, 0) is 0 Å². The normalized spacial score (nSPS) is 12.2. The van der Waals surface area contributed by atoms with Gasteiger partial charge in [0, 0.05) is 15.3 Å². The maximum Gasteiger partial charge on any atom is 0.251 e. The third-order valence-electron chi connectivity index (χ3n) is 2.72. The van der Waals surface area contributed by atoms with Gasteiger partial charge in [0.25, 0.3) is 5.91 Å². The molecule has 100 valence electrons. The van der Waals surface area contributed by atoms with Crippen LogP contribution in [0.4, 0.5) is 4.39 Å². The lowest BCUT2D eigenvalue weighted by molar-refractivity contribution is 0.0940. The number of carbonyl (C=O) groups excluding carboxylic acids is 1. The van der Waals surface area contributed by atoms with E-state index in [0.717, 1.165) is 4.88 Å². The minimum absolute atomic E-state index is 0.0853. The summed E-state index contributed by atoms with van der Waals surface area (Å²) in [7, 11) is 0. The van der Waals surface area contributed by atoms with Crippen LogP contribution in [0.15, 0.2) is 34.8 Å². The third kappa shape index (κ3) is 3.42. The van der Waals surface area contributed by atoms with Gasteiger partial charge in [-0.15, -0.1) is 11.3 Å². The monoisotopic (exact) mass is 341 g/mol. The second kappa shape index (κ2) is 5.84. The first-order valence-electron chi connectivity index (χ1n) is 5.79. The lowest BCUT2D eigenvalue weighted by atomic mass is 10.2. The van der Waals surface area contributed by atoms with E-state index in [9.17, 15) is 9.18 Å². The lowest BCUT2D eigenvalue weighted by Crippen LogP contribution is -2.26. The Hall–Kier alpha value is -1.20. The van der Waals surface area contributed by atoms with Crippen LogP contribution in [0.25, 0.3) is 0 Å². The maximum atomic E-state index is 13.4. The molecule has 0 saturated carbocycles. The number of amides is 1. The number of hydrogen-bond acceptors (Lipinski definition) is 2. The number of carbonyl (C=O) groups is 1. The van der Waals surface area contributed by atoms with Gasteiger partial charge < -0.3 is 5.32 Å². The number of aryl methyl sites for hydroxylation is 1. The van der Waals surface area contributed by atoms with Crippen molar-refractivity contribution < 1.29 is 9.18 Å². The van der Waals surface area contributed by atoms with Gasteiger partial charge in [0.2, 0.25) is 0 Å². The molecule has 0 bridgehead atoms. The topological polar surface area (TPSA) is 29.1 Å². The van der Waals surface area contributed by atoms with Crippen LogP contribution in [0.1, 0.15) is 33.1 Å². The van der Waals surface area contributed by atoms with Gasteiger partial charge in [-0.2, -0.15) is 0 Å². The highest BCUT2D eigenvalue weighted by molar-refractivity contribution is 9.10. The smallest absolute Gasteiger partial charge is 0.251 e. The van der Waals surface area contributed by atoms with Crippen LogP contribution in [-0.4, -0.2) is 5.91 Å². The van der Waals surface area contributed by atoms with E-state index in [-0.39, 0.29) is 11.9 Å². The van der Waals surface area contributed by atoms with Crippen molar-refractivity contribution in [1.29, 1.82) is 0 Å². The molecule has 1 aromatic carbocycles. The summed E-state index contributed by atoms with van der Waals surface area (Å²) in [6, 6.07) is 8.28. The molecule has 0 saturated heterocycles. The Morgan fingerprint density at radius 1 is 1.37 bits per heavy atom. The number of thiophene rings is 1. The van der Waals surface area contributed by atoms with Crippen molar-refractivity contribution in [2.24, 2.45) is 0 Å². The predicted molar refractivity (Wildman–Crippen MR) is 79.0 cm³/mol. The Morgan fingerprint density at radius 3 is 2.68 bits per heavy atom. The van der Waals surface area contributed by atoms with Crippen molar-refractivity contribution in [3.05, 3.63) is 55.9 Å². The molecule has 0 aliphatic carbocycles. The molecule has 0 aliphatic rings. The maximum absolute atomic E-state index is 13.4. The molecular weight excluding hydrogens is 329 g/mol. The van der Waals surface area contributed by atoms with Gasteiger partial charge in [0.05, 0.1) is 10.5 Å². The van der Waals surface area contributed by atoms with E-state index >= 15 is 0 Å². The summed E-state index contributed by atoms with van der Waals surface area (Å²) in [5.41, 5.74) is 0.320. The number of nitrogens with one attached hydrogen (secondary N) is 1.